The van der Waals surface area contributed by atoms with E-state index in [0.717, 1.165) is 18.6 Å². The van der Waals surface area contributed by atoms with Crippen molar-refractivity contribution in [1.82, 2.24) is 0 Å². The number of benzene rings is 1. The molecule has 1 N–H and O–H groups in total. The summed E-state index contributed by atoms with van der Waals surface area (Å²) >= 11 is 0. The lowest BCUT2D eigenvalue weighted by atomic mass is 10.2. The molecule has 0 radical (unpaired) electrons. The topological polar surface area (TPSA) is 96.3 Å². The van der Waals surface area contributed by atoms with Crippen LogP contribution in [0.1, 0.15) is 33.6 Å². The van der Waals surface area contributed by atoms with Crippen LogP contribution >= 0.6 is 0 Å². The molecule has 0 fully saturated rings. The van der Waals surface area contributed by atoms with Crippen LogP contribution in [-0.2, 0) is 4.74 Å². The van der Waals surface area contributed by atoms with Crippen molar-refractivity contribution in [3.8, 4) is 5.75 Å². The highest BCUT2D eigenvalue weighted by molar-refractivity contribution is 5.84. The fraction of sp³-hybridized carbons (Fsp3) is 0.533. The van der Waals surface area contributed by atoms with Gasteiger partial charge < -0.3 is 9.47 Å². The molecule has 22 heavy (non-hydrogen) atoms. The molecule has 0 bridgehead atoms. The third kappa shape index (κ3) is 8.01. The van der Waals surface area contributed by atoms with Crippen LogP contribution in [0, 0.1) is 0 Å². The maximum Gasteiger partial charge on any atom is 0.412 e. The van der Waals surface area contributed by atoms with E-state index >= 15 is 0 Å². The zero-order valence-electron chi connectivity index (χ0n) is 13.2. The minimum absolute atomic E-state index is 0.485. The molecule has 0 atom stereocenters. The molecular formula is C15H22N4O3. The number of hydrogen-bond donors (Lipinski definition) is 1. The van der Waals surface area contributed by atoms with Gasteiger partial charge in [-0.15, -0.1) is 0 Å². The minimum Gasteiger partial charge on any atom is -0.494 e. The van der Waals surface area contributed by atoms with Crippen LogP contribution in [0.15, 0.2) is 29.4 Å². The molecule has 0 aliphatic carbocycles. The van der Waals surface area contributed by atoms with Gasteiger partial charge in [-0.1, -0.05) is 5.11 Å². The molecule has 0 saturated carbocycles. The Labute approximate surface area is 130 Å². The van der Waals surface area contributed by atoms with E-state index in [1.54, 1.807) is 24.3 Å². The molecule has 1 aromatic rings. The average molecular weight is 306 g/mol. The molecule has 1 rings (SSSR count). The van der Waals surface area contributed by atoms with Gasteiger partial charge in [0.05, 0.1) is 6.61 Å². The average Bonchev–Trinajstić information content (AvgIpc) is 2.42. The van der Waals surface area contributed by atoms with Crippen molar-refractivity contribution >= 4 is 11.8 Å². The van der Waals surface area contributed by atoms with Gasteiger partial charge >= 0.3 is 6.09 Å². The predicted octanol–water partition coefficient (Wildman–Crippen LogP) is 4.50. The van der Waals surface area contributed by atoms with E-state index in [4.69, 9.17) is 15.0 Å². The van der Waals surface area contributed by atoms with Gasteiger partial charge in [0.2, 0.25) is 0 Å². The number of nitrogens with one attached hydrogen (secondary N) is 1. The minimum atomic E-state index is -0.525. The van der Waals surface area contributed by atoms with Crippen LogP contribution in [0.3, 0.4) is 0 Å². The van der Waals surface area contributed by atoms with Gasteiger partial charge in [0.15, 0.2) is 0 Å². The first kappa shape index (κ1) is 17.7. The van der Waals surface area contributed by atoms with Gasteiger partial charge in [-0.3, -0.25) is 5.32 Å². The lowest BCUT2D eigenvalue weighted by molar-refractivity contribution is 0.0636. The summed E-state index contributed by atoms with van der Waals surface area (Å²) < 4.78 is 10.7. The molecule has 0 aliphatic rings. The van der Waals surface area contributed by atoms with Crippen molar-refractivity contribution < 1.29 is 14.3 Å². The fourth-order valence-corrected chi connectivity index (χ4v) is 1.58. The van der Waals surface area contributed by atoms with E-state index in [2.05, 4.69) is 15.3 Å². The smallest absolute Gasteiger partial charge is 0.412 e. The van der Waals surface area contributed by atoms with Crippen molar-refractivity contribution in [3.63, 3.8) is 0 Å². The third-order valence-corrected chi connectivity index (χ3v) is 2.48. The third-order valence-electron chi connectivity index (χ3n) is 2.48. The summed E-state index contributed by atoms with van der Waals surface area (Å²) in [5.41, 5.74) is 8.26. The lowest BCUT2D eigenvalue weighted by Gasteiger charge is -2.19. The van der Waals surface area contributed by atoms with Gasteiger partial charge in [0.25, 0.3) is 0 Å². The van der Waals surface area contributed by atoms with Gasteiger partial charge in [-0.25, -0.2) is 4.79 Å². The SMILES string of the molecule is CC(C)(C)OC(=O)Nc1ccc(OCCCCN=[N+]=[N-])cc1. The lowest BCUT2D eigenvalue weighted by Crippen LogP contribution is -2.27. The highest BCUT2D eigenvalue weighted by atomic mass is 16.6. The second-order valence-corrected chi connectivity index (χ2v) is 5.66. The van der Waals surface area contributed by atoms with Crippen molar-refractivity contribution in [2.24, 2.45) is 5.11 Å². The number of hydrogen-bond acceptors (Lipinski definition) is 4. The summed E-state index contributed by atoms with van der Waals surface area (Å²) in [5, 5.41) is 6.11. The summed E-state index contributed by atoms with van der Waals surface area (Å²) in [6, 6.07) is 7.05. The van der Waals surface area contributed by atoms with E-state index in [1.165, 1.54) is 0 Å². The largest absolute Gasteiger partial charge is 0.494 e. The molecule has 0 heterocycles. The molecule has 0 unspecified atom stereocenters. The number of nitrogens with zero attached hydrogens (tertiary/aromatic N) is 3. The Hall–Kier alpha value is -2.40. The molecule has 7 heteroatoms. The second kappa shape index (κ2) is 8.79. The first-order valence-electron chi connectivity index (χ1n) is 7.14. The summed E-state index contributed by atoms with van der Waals surface area (Å²) in [4.78, 5) is 14.3. The first-order valence-corrected chi connectivity index (χ1v) is 7.14. The number of rotatable bonds is 7. The van der Waals surface area contributed by atoms with Crippen molar-refractivity contribution in [1.29, 1.82) is 0 Å². The van der Waals surface area contributed by atoms with Crippen LogP contribution < -0.4 is 10.1 Å². The van der Waals surface area contributed by atoms with Gasteiger partial charge in [-0.2, -0.15) is 0 Å². The van der Waals surface area contributed by atoms with Crippen LogP contribution in [0.2, 0.25) is 0 Å². The van der Waals surface area contributed by atoms with Crippen molar-refractivity contribution in [3.05, 3.63) is 34.7 Å². The molecule has 0 spiro atoms. The Kier molecular flexibility index (Phi) is 7.05. The van der Waals surface area contributed by atoms with Crippen LogP contribution in [0.5, 0.6) is 5.75 Å². The summed E-state index contributed by atoms with van der Waals surface area (Å²) in [5.74, 6) is 0.721. The number of anilines is 1. The number of amides is 1. The van der Waals surface area contributed by atoms with E-state index < -0.39 is 11.7 Å². The quantitative estimate of drug-likeness (QED) is 0.347. The Bertz CT molecular complexity index is 517. The second-order valence-electron chi connectivity index (χ2n) is 5.66. The monoisotopic (exact) mass is 306 g/mol. The van der Waals surface area contributed by atoms with Gasteiger partial charge in [0.1, 0.15) is 11.4 Å². The summed E-state index contributed by atoms with van der Waals surface area (Å²) in [6.45, 7) is 6.47. The molecule has 7 nitrogen and oxygen atoms in total. The Morgan fingerprint density at radius 2 is 1.95 bits per heavy atom. The fourth-order valence-electron chi connectivity index (χ4n) is 1.58. The zero-order chi connectivity index (χ0) is 16.4. The molecule has 0 saturated heterocycles. The van der Waals surface area contributed by atoms with Crippen molar-refractivity contribution in [2.45, 2.75) is 39.2 Å². The maximum absolute atomic E-state index is 11.6. The maximum atomic E-state index is 11.6. The molecule has 0 aliphatic heterocycles. The number of unbranched alkanes of at least 4 members (excludes halogenated alkanes) is 1. The highest BCUT2D eigenvalue weighted by Crippen LogP contribution is 2.17. The molecular weight excluding hydrogens is 284 g/mol. The first-order chi connectivity index (χ1) is 10.4. The van der Waals surface area contributed by atoms with E-state index in [9.17, 15) is 4.79 Å². The van der Waals surface area contributed by atoms with Gasteiger partial charge in [0, 0.05) is 17.1 Å². The molecule has 120 valence electrons. The normalized spacial score (nSPS) is 10.5. The van der Waals surface area contributed by atoms with Crippen LogP contribution in [-0.4, -0.2) is 24.8 Å². The van der Waals surface area contributed by atoms with Crippen molar-refractivity contribution in [2.75, 3.05) is 18.5 Å². The number of azide groups is 1. The van der Waals surface area contributed by atoms with E-state index in [0.29, 0.717) is 18.8 Å². The summed E-state index contributed by atoms with van der Waals surface area (Å²) in [7, 11) is 0. The Morgan fingerprint density at radius 1 is 1.27 bits per heavy atom. The van der Waals surface area contributed by atoms with Gasteiger partial charge in [-0.05, 0) is 63.4 Å². The Balaban J connectivity index is 2.33. The van der Waals surface area contributed by atoms with E-state index in [-0.39, 0.29) is 0 Å². The Morgan fingerprint density at radius 3 is 2.55 bits per heavy atom. The number of ether oxygens (including phenoxy) is 2. The number of carbonyl (C=O) groups is 1. The zero-order valence-corrected chi connectivity index (χ0v) is 13.2. The molecule has 1 aromatic carbocycles. The summed E-state index contributed by atoms with van der Waals surface area (Å²) in [6.07, 6.45) is 1.12. The standard InChI is InChI=1S/C15H22N4O3/c1-15(2,3)22-14(20)18-12-6-8-13(9-7-12)21-11-5-4-10-17-19-16/h6-9H,4-5,10-11H2,1-3H3,(H,18,20). The van der Waals surface area contributed by atoms with Crippen LogP contribution in [0.4, 0.5) is 10.5 Å². The molecule has 1 amide bonds. The number of carbonyl (C=O) groups excluding carboxylic acids is 1. The van der Waals surface area contributed by atoms with Crippen LogP contribution in [0.25, 0.3) is 10.4 Å². The molecule has 0 aromatic heterocycles. The van der Waals surface area contributed by atoms with E-state index in [1.807, 2.05) is 20.8 Å². The highest BCUT2D eigenvalue weighted by Gasteiger charge is 2.16. The predicted molar refractivity (Wildman–Crippen MR) is 85.0 cm³/mol.